The van der Waals surface area contributed by atoms with E-state index in [0.717, 1.165) is 12.1 Å². The minimum atomic E-state index is -0.141. The van der Waals surface area contributed by atoms with Crippen LogP contribution in [-0.4, -0.2) is 11.9 Å². The Morgan fingerprint density at radius 3 is 2.91 bits per heavy atom. The fraction of sp³-hybridized carbons (Fsp3) is 0.429. The molecule has 59 valence electrons. The van der Waals surface area contributed by atoms with Gasteiger partial charge < -0.3 is 0 Å². The number of aliphatic imine (C=N–C) groups is 1. The van der Waals surface area contributed by atoms with Gasteiger partial charge >= 0.3 is 0 Å². The molecule has 4 heteroatoms. The topological polar surface area (TPSA) is 55.6 Å². The molecule has 0 aromatic heterocycles. The van der Waals surface area contributed by atoms with Gasteiger partial charge in [-0.1, -0.05) is 6.92 Å². The molecule has 1 heterocycles. The first-order chi connectivity index (χ1) is 5.22. The average molecular weight is 152 g/mol. The number of guanidine groups is 1. The molecule has 0 aliphatic carbocycles. The van der Waals surface area contributed by atoms with Crippen molar-refractivity contribution in [3.63, 3.8) is 0 Å². The molecule has 0 aromatic rings. The van der Waals surface area contributed by atoms with Crippen molar-refractivity contribution in [1.29, 1.82) is 0 Å². The van der Waals surface area contributed by atoms with E-state index in [1.54, 1.807) is 6.20 Å². The smallest absolute Gasteiger partial charge is 0.229 e. The van der Waals surface area contributed by atoms with Gasteiger partial charge in [0.25, 0.3) is 0 Å². The van der Waals surface area contributed by atoms with Crippen LogP contribution in [0.3, 0.4) is 0 Å². The Labute approximate surface area is 65.4 Å². The van der Waals surface area contributed by atoms with Crippen molar-refractivity contribution in [2.75, 3.05) is 0 Å². The first-order valence-corrected chi connectivity index (χ1v) is 3.48. The summed E-state index contributed by atoms with van der Waals surface area (Å²) in [6.45, 7) is 3.42. The minimum Gasteiger partial charge on any atom is -0.295 e. The first kappa shape index (κ1) is 7.78. The van der Waals surface area contributed by atoms with E-state index >= 15 is 0 Å². The van der Waals surface area contributed by atoms with Gasteiger partial charge in [-0.15, -0.1) is 0 Å². The largest absolute Gasteiger partial charge is 0.295 e. The van der Waals surface area contributed by atoms with Gasteiger partial charge in [-0.2, -0.15) is 0 Å². The Bertz CT molecular complexity index is 230. The summed E-state index contributed by atoms with van der Waals surface area (Å²) in [7, 11) is 0. The number of hydrogen-bond acceptors (Lipinski definition) is 2. The lowest BCUT2D eigenvalue weighted by atomic mass is 10.4. The summed E-state index contributed by atoms with van der Waals surface area (Å²) >= 11 is 0. The van der Waals surface area contributed by atoms with Crippen molar-refractivity contribution in [2.24, 2.45) is 4.99 Å². The molecular weight excluding hydrogens is 142 g/mol. The third kappa shape index (κ3) is 2.07. The highest BCUT2D eigenvalue weighted by molar-refractivity contribution is 5.97. The van der Waals surface area contributed by atoms with Gasteiger partial charge in [-0.05, 0) is 6.42 Å². The predicted molar refractivity (Wildman–Crippen MR) is 41.8 cm³/mol. The quantitative estimate of drug-likeness (QED) is 0.579. The van der Waals surface area contributed by atoms with Crippen LogP contribution in [0.1, 0.15) is 20.3 Å². The second-order valence-electron chi connectivity index (χ2n) is 2.22. The van der Waals surface area contributed by atoms with Crippen LogP contribution >= 0.6 is 0 Å². The SMILES string of the molecule is CCC1=C[N]C(NC(C)=O)=N1. The second kappa shape index (κ2) is 3.18. The fourth-order valence-electron chi connectivity index (χ4n) is 0.717. The van der Waals surface area contributed by atoms with E-state index in [0.29, 0.717) is 5.96 Å². The molecule has 0 spiro atoms. The molecular formula is C7H10N3O. The van der Waals surface area contributed by atoms with Crippen molar-refractivity contribution in [3.8, 4) is 0 Å². The van der Waals surface area contributed by atoms with Crippen LogP contribution in [0.15, 0.2) is 16.9 Å². The van der Waals surface area contributed by atoms with E-state index < -0.39 is 0 Å². The molecule has 0 saturated carbocycles. The highest BCUT2D eigenvalue weighted by atomic mass is 16.1. The number of nitrogens with one attached hydrogen (secondary N) is 1. The van der Waals surface area contributed by atoms with Crippen molar-refractivity contribution < 1.29 is 4.79 Å². The average Bonchev–Trinajstić information content (AvgIpc) is 2.34. The van der Waals surface area contributed by atoms with E-state index in [4.69, 9.17) is 0 Å². The number of carbonyl (C=O) groups excluding carboxylic acids is 1. The summed E-state index contributed by atoms with van der Waals surface area (Å²) < 4.78 is 0. The van der Waals surface area contributed by atoms with Crippen molar-refractivity contribution in [3.05, 3.63) is 11.9 Å². The molecule has 0 aromatic carbocycles. The van der Waals surface area contributed by atoms with Gasteiger partial charge in [0.1, 0.15) is 0 Å². The van der Waals surface area contributed by atoms with E-state index in [-0.39, 0.29) is 5.91 Å². The van der Waals surface area contributed by atoms with Gasteiger partial charge in [-0.25, -0.2) is 10.3 Å². The minimum absolute atomic E-state index is 0.141. The Morgan fingerprint density at radius 2 is 2.45 bits per heavy atom. The number of rotatable bonds is 1. The maximum absolute atomic E-state index is 10.5. The summed E-state index contributed by atoms with van der Waals surface area (Å²) in [4.78, 5) is 14.5. The normalized spacial score (nSPS) is 15.1. The monoisotopic (exact) mass is 152 g/mol. The van der Waals surface area contributed by atoms with Crippen LogP contribution in [0.2, 0.25) is 0 Å². The van der Waals surface area contributed by atoms with Crippen LogP contribution in [0.25, 0.3) is 0 Å². The van der Waals surface area contributed by atoms with E-state index in [1.165, 1.54) is 6.92 Å². The Kier molecular flexibility index (Phi) is 2.25. The van der Waals surface area contributed by atoms with Gasteiger partial charge in [-0.3, -0.25) is 10.1 Å². The summed E-state index contributed by atoms with van der Waals surface area (Å²) in [5, 5.41) is 6.38. The van der Waals surface area contributed by atoms with Crippen LogP contribution in [0.4, 0.5) is 0 Å². The third-order valence-corrected chi connectivity index (χ3v) is 1.24. The molecule has 0 bridgehead atoms. The Morgan fingerprint density at radius 1 is 1.73 bits per heavy atom. The number of amides is 1. The zero-order valence-corrected chi connectivity index (χ0v) is 6.59. The van der Waals surface area contributed by atoms with Gasteiger partial charge in [0.2, 0.25) is 11.9 Å². The lowest BCUT2D eigenvalue weighted by Crippen LogP contribution is -2.31. The lowest BCUT2D eigenvalue weighted by molar-refractivity contribution is -0.117. The number of allylic oxidation sites excluding steroid dienone is 1. The number of nitrogens with zero attached hydrogens (tertiary/aromatic N) is 2. The van der Waals surface area contributed by atoms with E-state index in [1.807, 2.05) is 6.92 Å². The van der Waals surface area contributed by atoms with Crippen LogP contribution in [0.5, 0.6) is 0 Å². The molecule has 11 heavy (non-hydrogen) atoms. The van der Waals surface area contributed by atoms with Crippen LogP contribution < -0.4 is 10.6 Å². The molecule has 1 aliphatic rings. The standard InChI is InChI=1S/C7H10N3O/c1-3-6-4-8-7(10-6)9-5(2)11/h4H,3H2,1-2H3,(H,9,10,11). The third-order valence-electron chi connectivity index (χ3n) is 1.24. The zero-order valence-electron chi connectivity index (χ0n) is 6.59. The summed E-state index contributed by atoms with van der Waals surface area (Å²) in [6, 6.07) is 0. The molecule has 0 fully saturated rings. The lowest BCUT2D eigenvalue weighted by Gasteiger charge is -1.96. The molecule has 0 unspecified atom stereocenters. The van der Waals surface area contributed by atoms with Gasteiger partial charge in [0.05, 0.1) is 11.9 Å². The molecule has 1 N–H and O–H groups in total. The maximum atomic E-state index is 10.5. The first-order valence-electron chi connectivity index (χ1n) is 3.48. The van der Waals surface area contributed by atoms with E-state index in [2.05, 4.69) is 15.6 Å². The number of hydrogen-bond donors (Lipinski definition) is 1. The molecule has 1 amide bonds. The molecule has 0 saturated heterocycles. The molecule has 1 radical (unpaired) electrons. The summed E-state index contributed by atoms with van der Waals surface area (Å²) in [5.74, 6) is 0.257. The molecule has 0 atom stereocenters. The van der Waals surface area contributed by atoms with Gasteiger partial charge in [0, 0.05) is 6.92 Å². The van der Waals surface area contributed by atoms with Crippen LogP contribution in [-0.2, 0) is 4.79 Å². The summed E-state index contributed by atoms with van der Waals surface area (Å²) in [5.41, 5.74) is 0.897. The van der Waals surface area contributed by atoms with Gasteiger partial charge in [0.15, 0.2) is 0 Å². The molecule has 4 nitrogen and oxygen atoms in total. The second-order valence-corrected chi connectivity index (χ2v) is 2.22. The highest BCUT2D eigenvalue weighted by Gasteiger charge is 2.08. The summed E-state index contributed by atoms with van der Waals surface area (Å²) in [6.07, 6.45) is 2.50. The highest BCUT2D eigenvalue weighted by Crippen LogP contribution is 2.05. The zero-order chi connectivity index (χ0) is 8.27. The van der Waals surface area contributed by atoms with Crippen molar-refractivity contribution in [1.82, 2.24) is 10.6 Å². The Hall–Kier alpha value is -1.32. The van der Waals surface area contributed by atoms with Crippen molar-refractivity contribution in [2.45, 2.75) is 20.3 Å². The van der Waals surface area contributed by atoms with Crippen LogP contribution in [0, 0.1) is 0 Å². The predicted octanol–water partition coefficient (Wildman–Crippen LogP) is 0.348. The molecule has 1 rings (SSSR count). The fourth-order valence-corrected chi connectivity index (χ4v) is 0.717. The molecule has 1 aliphatic heterocycles. The van der Waals surface area contributed by atoms with Crippen molar-refractivity contribution >= 4 is 11.9 Å². The number of carbonyl (C=O) groups is 1. The van der Waals surface area contributed by atoms with E-state index in [9.17, 15) is 4.79 Å². The Balaban J connectivity index is 2.48. The maximum Gasteiger partial charge on any atom is 0.229 e.